The first kappa shape index (κ1) is 22.6. The Kier molecular flexibility index (Phi) is 6.67. The van der Waals surface area contributed by atoms with Crippen molar-refractivity contribution in [3.8, 4) is 11.5 Å². The maximum Gasteiger partial charge on any atom is 0.269 e. The third-order valence-electron chi connectivity index (χ3n) is 4.72. The minimum atomic E-state index is -3.70. The Morgan fingerprint density at radius 1 is 1.03 bits per heavy atom. The molecule has 2 heterocycles. The number of carbonyl (C=O) groups is 1. The average molecular weight is 499 g/mol. The Labute approximate surface area is 194 Å². The van der Waals surface area contributed by atoms with Gasteiger partial charge in [-0.25, -0.2) is 8.42 Å². The SMILES string of the molecule is O=C(NNC(=S)Nc1cc(S(=O)(=O)N2CCOCC2)ccc1Cl)c1ccc2c(c1)OCO2. The Morgan fingerprint density at radius 3 is 2.56 bits per heavy atom. The lowest BCUT2D eigenvalue weighted by Crippen LogP contribution is -2.43. The van der Waals surface area contributed by atoms with Gasteiger partial charge in [0.25, 0.3) is 5.91 Å². The summed E-state index contributed by atoms with van der Waals surface area (Å²) in [4.78, 5) is 12.4. The number of amides is 1. The number of benzene rings is 2. The largest absolute Gasteiger partial charge is 0.454 e. The predicted octanol–water partition coefficient (Wildman–Crippen LogP) is 1.72. The van der Waals surface area contributed by atoms with Gasteiger partial charge in [0.2, 0.25) is 16.8 Å². The molecule has 1 amide bonds. The summed E-state index contributed by atoms with van der Waals surface area (Å²) in [6.07, 6.45) is 0. The van der Waals surface area contributed by atoms with Crippen molar-refractivity contribution in [2.75, 3.05) is 38.4 Å². The molecule has 0 saturated carbocycles. The van der Waals surface area contributed by atoms with Crippen LogP contribution >= 0.6 is 23.8 Å². The van der Waals surface area contributed by atoms with Crippen LogP contribution in [0.5, 0.6) is 11.5 Å². The normalized spacial score (nSPS) is 15.8. The molecule has 0 atom stereocenters. The number of hydrogen-bond donors (Lipinski definition) is 3. The van der Waals surface area contributed by atoms with E-state index in [-0.39, 0.29) is 40.6 Å². The molecule has 0 aromatic heterocycles. The van der Waals surface area contributed by atoms with Crippen LogP contribution in [-0.2, 0) is 14.8 Å². The number of nitrogens with one attached hydrogen (secondary N) is 3. The number of rotatable bonds is 4. The molecule has 2 aliphatic rings. The molecular weight excluding hydrogens is 480 g/mol. The number of hydrogen-bond acceptors (Lipinski definition) is 7. The van der Waals surface area contributed by atoms with E-state index in [4.69, 9.17) is 38.0 Å². The standard InChI is InChI=1S/C19H19ClN4O6S2/c20-14-3-2-13(32(26,27)24-5-7-28-8-6-24)10-15(14)21-19(31)23-22-18(25)12-1-4-16-17(9-12)30-11-29-16/h1-4,9-10H,5-8,11H2,(H,22,25)(H2,21,23,31). The van der Waals surface area contributed by atoms with Gasteiger partial charge in [-0.2, -0.15) is 4.31 Å². The summed E-state index contributed by atoms with van der Waals surface area (Å²) in [5.74, 6) is 0.582. The summed E-state index contributed by atoms with van der Waals surface area (Å²) in [6, 6.07) is 9.04. The number of hydrazine groups is 1. The molecule has 2 aliphatic heterocycles. The highest BCUT2D eigenvalue weighted by atomic mass is 35.5. The van der Waals surface area contributed by atoms with E-state index in [1.165, 1.54) is 22.5 Å². The molecule has 2 aromatic rings. The summed E-state index contributed by atoms with van der Waals surface area (Å²) in [6.45, 7) is 1.34. The van der Waals surface area contributed by atoms with Crippen molar-refractivity contribution < 1.29 is 27.4 Å². The highest BCUT2D eigenvalue weighted by Gasteiger charge is 2.27. The van der Waals surface area contributed by atoms with Crippen molar-refractivity contribution in [1.29, 1.82) is 0 Å². The van der Waals surface area contributed by atoms with E-state index < -0.39 is 15.9 Å². The molecule has 32 heavy (non-hydrogen) atoms. The van der Waals surface area contributed by atoms with E-state index in [1.54, 1.807) is 18.2 Å². The van der Waals surface area contributed by atoms with Crippen molar-refractivity contribution in [2.45, 2.75) is 4.90 Å². The second-order valence-corrected chi connectivity index (χ2v) is 9.51. The number of sulfonamides is 1. The van der Waals surface area contributed by atoms with Crippen LogP contribution in [0.2, 0.25) is 5.02 Å². The van der Waals surface area contributed by atoms with Crippen LogP contribution in [0, 0.1) is 0 Å². The van der Waals surface area contributed by atoms with Gasteiger partial charge in [-0.3, -0.25) is 15.6 Å². The van der Waals surface area contributed by atoms with Crippen LogP contribution in [0.4, 0.5) is 5.69 Å². The van der Waals surface area contributed by atoms with Crippen molar-refractivity contribution in [3.05, 3.63) is 47.0 Å². The Hall–Kier alpha value is -2.64. The van der Waals surface area contributed by atoms with Crippen molar-refractivity contribution in [3.63, 3.8) is 0 Å². The van der Waals surface area contributed by atoms with Crippen molar-refractivity contribution in [2.24, 2.45) is 0 Å². The Bertz CT molecular complexity index is 1150. The molecule has 0 bridgehead atoms. The molecule has 3 N–H and O–H groups in total. The predicted molar refractivity (Wildman–Crippen MR) is 120 cm³/mol. The molecule has 2 aromatic carbocycles. The van der Waals surface area contributed by atoms with Gasteiger partial charge in [0, 0.05) is 18.7 Å². The summed E-state index contributed by atoms with van der Waals surface area (Å²) in [5.41, 5.74) is 5.62. The quantitative estimate of drug-likeness (QED) is 0.427. The van der Waals surface area contributed by atoms with E-state index in [9.17, 15) is 13.2 Å². The number of morpholine rings is 1. The number of nitrogens with zero attached hydrogens (tertiary/aromatic N) is 1. The van der Waals surface area contributed by atoms with E-state index in [0.29, 0.717) is 30.3 Å². The average Bonchev–Trinajstić information content (AvgIpc) is 3.27. The summed E-state index contributed by atoms with van der Waals surface area (Å²) in [5, 5.41) is 3.07. The fraction of sp³-hybridized carbons (Fsp3) is 0.263. The topological polar surface area (TPSA) is 118 Å². The minimum absolute atomic E-state index is 0.0157. The number of anilines is 1. The first-order valence-electron chi connectivity index (χ1n) is 9.49. The first-order valence-corrected chi connectivity index (χ1v) is 11.7. The van der Waals surface area contributed by atoms with Crippen LogP contribution in [0.25, 0.3) is 0 Å². The van der Waals surface area contributed by atoms with Crippen LogP contribution in [0.1, 0.15) is 10.4 Å². The smallest absolute Gasteiger partial charge is 0.269 e. The second-order valence-electron chi connectivity index (χ2n) is 6.76. The van der Waals surface area contributed by atoms with E-state index in [2.05, 4.69) is 16.2 Å². The van der Waals surface area contributed by atoms with Gasteiger partial charge in [-0.05, 0) is 48.6 Å². The van der Waals surface area contributed by atoms with Crippen molar-refractivity contribution >= 4 is 50.5 Å². The number of ether oxygens (including phenoxy) is 3. The number of halogens is 1. The zero-order valence-electron chi connectivity index (χ0n) is 16.6. The molecule has 1 saturated heterocycles. The molecule has 0 unspecified atom stereocenters. The first-order chi connectivity index (χ1) is 15.3. The molecule has 10 nitrogen and oxygen atoms in total. The second kappa shape index (κ2) is 9.46. The molecule has 0 spiro atoms. The zero-order valence-corrected chi connectivity index (χ0v) is 19.0. The highest BCUT2D eigenvalue weighted by Crippen LogP contribution is 2.32. The lowest BCUT2D eigenvalue weighted by molar-refractivity contribution is 0.0730. The van der Waals surface area contributed by atoms with E-state index >= 15 is 0 Å². The van der Waals surface area contributed by atoms with Gasteiger partial charge in [0.05, 0.1) is 28.8 Å². The summed E-state index contributed by atoms with van der Waals surface area (Å²) < 4.78 is 42.8. The fourth-order valence-corrected chi connectivity index (χ4v) is 4.83. The molecule has 0 radical (unpaired) electrons. The van der Waals surface area contributed by atoms with E-state index in [1.807, 2.05) is 0 Å². The molecule has 4 rings (SSSR count). The Morgan fingerprint density at radius 2 is 1.78 bits per heavy atom. The van der Waals surface area contributed by atoms with Gasteiger partial charge < -0.3 is 19.5 Å². The maximum absolute atomic E-state index is 12.9. The van der Waals surface area contributed by atoms with Gasteiger partial charge in [-0.1, -0.05) is 11.6 Å². The van der Waals surface area contributed by atoms with Gasteiger partial charge in [0.1, 0.15) is 0 Å². The summed E-state index contributed by atoms with van der Waals surface area (Å²) in [7, 11) is -3.70. The van der Waals surface area contributed by atoms with Gasteiger partial charge >= 0.3 is 0 Å². The van der Waals surface area contributed by atoms with Crippen LogP contribution in [-0.4, -0.2) is 56.8 Å². The third kappa shape index (κ3) is 4.89. The van der Waals surface area contributed by atoms with Crippen LogP contribution in [0.15, 0.2) is 41.3 Å². The van der Waals surface area contributed by atoms with Crippen LogP contribution in [0.3, 0.4) is 0 Å². The molecule has 1 fully saturated rings. The lowest BCUT2D eigenvalue weighted by atomic mass is 10.2. The third-order valence-corrected chi connectivity index (χ3v) is 7.15. The molecule has 170 valence electrons. The fourth-order valence-electron chi connectivity index (χ4n) is 3.07. The molecule has 13 heteroatoms. The monoisotopic (exact) mass is 498 g/mol. The van der Waals surface area contributed by atoms with Crippen molar-refractivity contribution in [1.82, 2.24) is 15.2 Å². The lowest BCUT2D eigenvalue weighted by Gasteiger charge is -2.26. The minimum Gasteiger partial charge on any atom is -0.454 e. The maximum atomic E-state index is 12.9. The zero-order chi connectivity index (χ0) is 22.7. The number of fused-ring (bicyclic) bond motifs is 1. The summed E-state index contributed by atoms with van der Waals surface area (Å²) >= 11 is 11.4. The van der Waals surface area contributed by atoms with Crippen LogP contribution < -0.4 is 25.6 Å². The number of carbonyl (C=O) groups excluding carboxylic acids is 1. The van der Waals surface area contributed by atoms with Gasteiger partial charge in [-0.15, -0.1) is 0 Å². The van der Waals surface area contributed by atoms with E-state index in [0.717, 1.165) is 0 Å². The molecular formula is C19H19ClN4O6S2. The molecule has 0 aliphatic carbocycles. The highest BCUT2D eigenvalue weighted by molar-refractivity contribution is 7.89. The number of thiocarbonyl (C=S) groups is 1. The van der Waals surface area contributed by atoms with Gasteiger partial charge in [0.15, 0.2) is 16.6 Å². The Balaban J connectivity index is 1.39.